The van der Waals surface area contributed by atoms with E-state index in [1.807, 2.05) is 12.1 Å². The summed E-state index contributed by atoms with van der Waals surface area (Å²) in [4.78, 5) is 39.8. The van der Waals surface area contributed by atoms with Crippen LogP contribution in [0.3, 0.4) is 0 Å². The summed E-state index contributed by atoms with van der Waals surface area (Å²) in [7, 11) is 0. The van der Waals surface area contributed by atoms with Crippen molar-refractivity contribution in [3.05, 3.63) is 83.7 Å². The molecular formula is C35H41ClFN9O3. The summed E-state index contributed by atoms with van der Waals surface area (Å²) in [6.45, 7) is 2.09. The van der Waals surface area contributed by atoms with Gasteiger partial charge in [0, 0.05) is 41.7 Å². The zero-order valence-corrected chi connectivity index (χ0v) is 27.8. The topological polar surface area (TPSA) is 180 Å². The fourth-order valence-electron chi connectivity index (χ4n) is 6.40. The van der Waals surface area contributed by atoms with Gasteiger partial charge in [0.15, 0.2) is 0 Å². The first-order valence-corrected chi connectivity index (χ1v) is 16.4. The van der Waals surface area contributed by atoms with Gasteiger partial charge < -0.3 is 27.0 Å². The molecule has 0 bridgehead atoms. The minimum Gasteiger partial charge on any atom is -0.348 e. The molecule has 3 aromatic carbocycles. The van der Waals surface area contributed by atoms with E-state index in [2.05, 4.69) is 41.9 Å². The third kappa shape index (κ3) is 8.85. The molecule has 49 heavy (non-hydrogen) atoms. The maximum absolute atomic E-state index is 15.6. The van der Waals surface area contributed by atoms with Crippen molar-refractivity contribution >= 4 is 35.8 Å². The Bertz CT molecular complexity index is 1710. The molecule has 12 nitrogen and oxygen atoms in total. The minimum atomic E-state index is -0.860. The number of nitrogens with two attached hydrogens (primary N) is 1. The van der Waals surface area contributed by atoms with Crippen LogP contribution in [0.5, 0.6) is 0 Å². The van der Waals surface area contributed by atoms with Gasteiger partial charge in [-0.15, -0.1) is 22.6 Å². The van der Waals surface area contributed by atoms with E-state index >= 15 is 4.39 Å². The number of carbonyl (C=O) groups is 3. The van der Waals surface area contributed by atoms with Gasteiger partial charge in [0.2, 0.25) is 17.6 Å². The second-order valence-corrected chi connectivity index (χ2v) is 12.5. The first kappa shape index (κ1) is 35.6. The van der Waals surface area contributed by atoms with Crippen LogP contribution in [0.25, 0.3) is 22.5 Å². The van der Waals surface area contributed by atoms with Crippen LogP contribution >= 0.6 is 12.4 Å². The maximum atomic E-state index is 15.6. The summed E-state index contributed by atoms with van der Waals surface area (Å²) in [5.41, 5.74) is 8.79. The molecule has 0 unspecified atom stereocenters. The van der Waals surface area contributed by atoms with Gasteiger partial charge in [0.05, 0.1) is 5.56 Å². The number of hydrogen-bond acceptors (Lipinski definition) is 8. The second kappa shape index (κ2) is 16.6. The Hall–Kier alpha value is -4.72. The molecule has 258 valence electrons. The lowest BCUT2D eigenvalue weighted by atomic mass is 9.81. The molecule has 2 aliphatic rings. The van der Waals surface area contributed by atoms with Gasteiger partial charge >= 0.3 is 0 Å². The number of tetrazole rings is 1. The number of aromatic nitrogens is 4. The summed E-state index contributed by atoms with van der Waals surface area (Å²) >= 11 is 0. The number of aromatic amines is 1. The molecule has 1 aliphatic carbocycles. The van der Waals surface area contributed by atoms with Gasteiger partial charge in [0.1, 0.15) is 11.9 Å². The fraction of sp³-hybridized carbons (Fsp3) is 0.371. The first-order valence-electron chi connectivity index (χ1n) is 16.4. The lowest BCUT2D eigenvalue weighted by Gasteiger charge is -2.28. The SMILES string of the molecule is Cl.NC[C@H]1CC[C@H](C(=O)N[C@@H](Cc2ccc(-c3cccc(C(=O)N[C@@H]4CCNC4)c3F)cc2)C(=O)Nc2ccc(-c3nn[nH]n3)cc2)CC1. The van der Waals surface area contributed by atoms with E-state index in [0.717, 1.165) is 49.8 Å². The number of carbonyl (C=O) groups excluding carboxylic acids is 3. The molecule has 0 radical (unpaired) electrons. The van der Waals surface area contributed by atoms with Crippen LogP contribution in [0.2, 0.25) is 0 Å². The predicted molar refractivity (Wildman–Crippen MR) is 186 cm³/mol. The number of H-pyrrole nitrogens is 1. The van der Waals surface area contributed by atoms with Crippen LogP contribution in [0.15, 0.2) is 66.7 Å². The number of amides is 3. The highest BCUT2D eigenvalue weighted by molar-refractivity contribution is 5.98. The van der Waals surface area contributed by atoms with Crippen LogP contribution in [-0.4, -0.2) is 70.1 Å². The summed E-state index contributed by atoms with van der Waals surface area (Å²) in [5.74, 6) is -0.873. The molecule has 1 aliphatic heterocycles. The van der Waals surface area contributed by atoms with E-state index < -0.39 is 17.8 Å². The average molecular weight is 690 g/mol. The van der Waals surface area contributed by atoms with E-state index in [0.29, 0.717) is 41.6 Å². The summed E-state index contributed by atoms with van der Waals surface area (Å²) in [6.07, 6.45) is 4.26. The standard InChI is InChI=1S/C35H40FN9O3.ClH/c36-31-28(2-1-3-29(31)34(47)40-27-16-17-38-20-27)23-8-4-21(5-9-23)18-30(41-33(46)25-10-6-22(19-37)7-11-25)35(48)39-26-14-12-24(13-15-26)32-42-44-45-43-32;/h1-5,8-9,12-15,22,25,27,30,38H,6-7,10-11,16-20,37H2,(H,39,48)(H,40,47)(H,41,46)(H,42,43,44,45);1H/t22-,25-,27-,30+;/m1./s1. The summed E-state index contributed by atoms with van der Waals surface area (Å²) in [5, 5.41) is 25.9. The zero-order valence-electron chi connectivity index (χ0n) is 27.0. The largest absolute Gasteiger partial charge is 0.348 e. The Morgan fingerprint density at radius 2 is 1.67 bits per heavy atom. The number of rotatable bonds is 11. The van der Waals surface area contributed by atoms with Crippen molar-refractivity contribution in [1.82, 2.24) is 36.6 Å². The fourth-order valence-corrected chi connectivity index (χ4v) is 6.40. The molecule has 2 atom stereocenters. The summed E-state index contributed by atoms with van der Waals surface area (Å²) in [6, 6.07) is 18.1. The number of nitrogens with one attached hydrogen (secondary N) is 5. The molecule has 0 spiro atoms. The number of benzene rings is 3. The van der Waals surface area contributed by atoms with Gasteiger partial charge in [0.25, 0.3) is 5.91 Å². The van der Waals surface area contributed by atoms with Crippen molar-refractivity contribution in [3.63, 3.8) is 0 Å². The monoisotopic (exact) mass is 689 g/mol. The molecule has 2 heterocycles. The molecule has 1 saturated heterocycles. The van der Waals surface area contributed by atoms with Crippen LogP contribution in [0.1, 0.15) is 48.0 Å². The molecule has 6 rings (SSSR count). The predicted octanol–water partition coefficient (Wildman–Crippen LogP) is 3.62. The lowest BCUT2D eigenvalue weighted by molar-refractivity contribution is -0.130. The highest BCUT2D eigenvalue weighted by atomic mass is 35.5. The van der Waals surface area contributed by atoms with E-state index in [-0.39, 0.29) is 48.2 Å². The van der Waals surface area contributed by atoms with Crippen LogP contribution in [0.4, 0.5) is 10.1 Å². The number of hydrogen-bond donors (Lipinski definition) is 6. The smallest absolute Gasteiger partial charge is 0.254 e. The average Bonchev–Trinajstić information content (AvgIpc) is 3.84. The molecular weight excluding hydrogens is 649 g/mol. The van der Waals surface area contributed by atoms with Gasteiger partial charge in [-0.25, -0.2) is 4.39 Å². The minimum absolute atomic E-state index is 0. The quantitative estimate of drug-likeness (QED) is 0.138. The highest BCUT2D eigenvalue weighted by Gasteiger charge is 2.29. The molecule has 2 fully saturated rings. The molecule has 1 aromatic heterocycles. The van der Waals surface area contributed by atoms with Crippen LogP contribution in [0, 0.1) is 17.7 Å². The van der Waals surface area contributed by atoms with Gasteiger partial charge in [-0.2, -0.15) is 5.21 Å². The van der Waals surface area contributed by atoms with E-state index in [4.69, 9.17) is 5.73 Å². The van der Waals surface area contributed by atoms with Gasteiger partial charge in [-0.1, -0.05) is 36.4 Å². The van der Waals surface area contributed by atoms with Crippen molar-refractivity contribution in [3.8, 4) is 22.5 Å². The first-order chi connectivity index (χ1) is 23.4. The third-order valence-electron chi connectivity index (χ3n) is 9.28. The van der Waals surface area contributed by atoms with E-state index in [1.165, 1.54) is 6.07 Å². The highest BCUT2D eigenvalue weighted by Crippen LogP contribution is 2.29. The van der Waals surface area contributed by atoms with Crippen LogP contribution < -0.4 is 27.0 Å². The second-order valence-electron chi connectivity index (χ2n) is 12.5. The Morgan fingerprint density at radius 3 is 2.33 bits per heavy atom. The van der Waals surface area contributed by atoms with Gasteiger partial charge in [-0.3, -0.25) is 14.4 Å². The van der Waals surface area contributed by atoms with Gasteiger partial charge in [-0.05, 0) is 97.8 Å². The Kier molecular flexibility index (Phi) is 12.1. The Morgan fingerprint density at radius 1 is 0.939 bits per heavy atom. The van der Waals surface area contributed by atoms with Crippen molar-refractivity contribution in [2.75, 3.05) is 25.0 Å². The summed E-state index contributed by atoms with van der Waals surface area (Å²) < 4.78 is 15.6. The van der Waals surface area contributed by atoms with Crippen molar-refractivity contribution in [2.24, 2.45) is 17.6 Å². The molecule has 1 saturated carbocycles. The van der Waals surface area contributed by atoms with Crippen molar-refractivity contribution in [1.29, 1.82) is 0 Å². The maximum Gasteiger partial charge on any atom is 0.254 e. The normalized spacial score (nSPS) is 19.3. The lowest BCUT2D eigenvalue weighted by Crippen LogP contribution is -2.48. The number of nitrogens with zero attached hydrogens (tertiary/aromatic N) is 3. The molecule has 14 heteroatoms. The van der Waals surface area contributed by atoms with E-state index in [1.54, 1.807) is 48.5 Å². The molecule has 7 N–H and O–H groups in total. The van der Waals surface area contributed by atoms with E-state index in [9.17, 15) is 14.4 Å². The van der Waals surface area contributed by atoms with Crippen molar-refractivity contribution < 1.29 is 18.8 Å². The zero-order chi connectivity index (χ0) is 33.5. The number of anilines is 1. The number of halogens is 2. The van der Waals surface area contributed by atoms with Crippen molar-refractivity contribution in [2.45, 2.75) is 50.6 Å². The van der Waals surface area contributed by atoms with Crippen LogP contribution in [-0.2, 0) is 16.0 Å². The molecule has 3 amide bonds. The Labute approximate surface area is 290 Å². The third-order valence-corrected chi connectivity index (χ3v) is 9.28. The molecule has 4 aromatic rings. The Balaban J connectivity index is 0.00000468.